The molecule has 0 saturated carbocycles. The molecule has 0 amide bonds. The van der Waals surface area contributed by atoms with Gasteiger partial charge in [-0.3, -0.25) is 4.98 Å². The van der Waals surface area contributed by atoms with Gasteiger partial charge in [-0.05, 0) is 28.1 Å². The molecule has 1 N–H and O–H groups in total. The van der Waals surface area contributed by atoms with E-state index in [0.29, 0.717) is 16.1 Å². The maximum Gasteiger partial charge on any atom is 0.238 e. The smallest absolute Gasteiger partial charge is 0.238 e. The zero-order chi connectivity index (χ0) is 11.5. The lowest BCUT2D eigenvalue weighted by molar-refractivity contribution is 0.177. The molecule has 0 saturated heterocycles. The predicted octanol–water partition coefficient (Wildman–Crippen LogP) is 1.92. The number of halogens is 1. The number of furan rings is 1. The molecule has 1 atom stereocenters. The molecule has 0 aliphatic carbocycles. The summed E-state index contributed by atoms with van der Waals surface area (Å²) in [6, 6.07) is 3.35. The second kappa shape index (κ2) is 4.63. The van der Waals surface area contributed by atoms with Gasteiger partial charge >= 0.3 is 0 Å². The Labute approximate surface area is 100 Å². The molecule has 84 valence electrons. The van der Waals surface area contributed by atoms with Crippen LogP contribution in [0.1, 0.15) is 17.6 Å². The largest absolute Gasteiger partial charge is 0.480 e. The van der Waals surface area contributed by atoms with Crippen LogP contribution in [0.3, 0.4) is 0 Å². The van der Waals surface area contributed by atoms with Gasteiger partial charge in [0.1, 0.15) is 11.5 Å². The molecule has 16 heavy (non-hydrogen) atoms. The summed E-state index contributed by atoms with van der Waals surface area (Å²) in [7, 11) is 1.47. The van der Waals surface area contributed by atoms with Gasteiger partial charge < -0.3 is 14.3 Å². The molecule has 1 unspecified atom stereocenters. The van der Waals surface area contributed by atoms with Crippen molar-refractivity contribution in [3.63, 3.8) is 0 Å². The maximum atomic E-state index is 10.0. The van der Waals surface area contributed by atoms with E-state index in [1.807, 2.05) is 0 Å². The second-order valence-electron chi connectivity index (χ2n) is 3.00. The summed E-state index contributed by atoms with van der Waals surface area (Å²) >= 11 is 3.16. The number of aliphatic hydroxyl groups is 1. The zero-order valence-corrected chi connectivity index (χ0v) is 10.0. The van der Waals surface area contributed by atoms with Gasteiger partial charge in [-0.25, -0.2) is 4.98 Å². The van der Waals surface area contributed by atoms with Crippen LogP contribution in [0.2, 0.25) is 0 Å². The first-order valence-corrected chi connectivity index (χ1v) is 5.30. The van der Waals surface area contributed by atoms with Crippen molar-refractivity contribution >= 4 is 15.9 Å². The van der Waals surface area contributed by atoms with Gasteiger partial charge in [0.2, 0.25) is 5.88 Å². The van der Waals surface area contributed by atoms with Gasteiger partial charge in [-0.1, -0.05) is 0 Å². The number of hydrogen-bond donors (Lipinski definition) is 1. The SMILES string of the molecule is COc1nccnc1C(O)c1ccc(Br)o1. The Morgan fingerprint density at radius 1 is 1.38 bits per heavy atom. The average molecular weight is 285 g/mol. The summed E-state index contributed by atoms with van der Waals surface area (Å²) in [6.45, 7) is 0. The molecule has 0 spiro atoms. The van der Waals surface area contributed by atoms with E-state index >= 15 is 0 Å². The molecule has 0 bridgehead atoms. The lowest BCUT2D eigenvalue weighted by Gasteiger charge is -2.09. The summed E-state index contributed by atoms with van der Waals surface area (Å²) in [6.07, 6.45) is 1.99. The van der Waals surface area contributed by atoms with Crippen molar-refractivity contribution in [2.75, 3.05) is 7.11 Å². The van der Waals surface area contributed by atoms with E-state index in [9.17, 15) is 5.11 Å². The second-order valence-corrected chi connectivity index (χ2v) is 3.78. The summed E-state index contributed by atoms with van der Waals surface area (Å²) in [4.78, 5) is 7.97. The molecular weight excluding hydrogens is 276 g/mol. The van der Waals surface area contributed by atoms with Crippen LogP contribution in [-0.2, 0) is 0 Å². The van der Waals surface area contributed by atoms with Crippen molar-refractivity contribution in [2.24, 2.45) is 0 Å². The fourth-order valence-corrected chi connectivity index (χ4v) is 1.61. The van der Waals surface area contributed by atoms with Crippen molar-refractivity contribution in [1.82, 2.24) is 9.97 Å². The summed E-state index contributed by atoms with van der Waals surface area (Å²) in [5.74, 6) is 0.660. The van der Waals surface area contributed by atoms with E-state index in [4.69, 9.17) is 9.15 Å². The van der Waals surface area contributed by atoms with Crippen molar-refractivity contribution in [3.05, 3.63) is 40.7 Å². The third-order valence-electron chi connectivity index (χ3n) is 2.01. The first-order chi connectivity index (χ1) is 7.72. The van der Waals surface area contributed by atoms with Crippen LogP contribution in [0.4, 0.5) is 0 Å². The van der Waals surface area contributed by atoms with Crippen LogP contribution < -0.4 is 4.74 Å². The predicted molar refractivity (Wildman–Crippen MR) is 59.1 cm³/mol. The first-order valence-electron chi connectivity index (χ1n) is 4.50. The fourth-order valence-electron chi connectivity index (χ4n) is 1.29. The molecule has 2 rings (SSSR count). The number of rotatable bonds is 3. The zero-order valence-electron chi connectivity index (χ0n) is 8.42. The highest BCUT2D eigenvalue weighted by Crippen LogP contribution is 2.28. The molecule has 6 heteroatoms. The van der Waals surface area contributed by atoms with Gasteiger partial charge in [0.25, 0.3) is 0 Å². The van der Waals surface area contributed by atoms with Crippen molar-refractivity contribution in [2.45, 2.75) is 6.10 Å². The van der Waals surface area contributed by atoms with Crippen molar-refractivity contribution in [3.8, 4) is 5.88 Å². The Kier molecular flexibility index (Phi) is 3.21. The molecule has 0 aliphatic heterocycles. The van der Waals surface area contributed by atoms with Crippen LogP contribution >= 0.6 is 15.9 Å². The third-order valence-corrected chi connectivity index (χ3v) is 2.43. The van der Waals surface area contributed by atoms with Crippen LogP contribution in [0.25, 0.3) is 0 Å². The lowest BCUT2D eigenvalue weighted by Crippen LogP contribution is -2.05. The number of aliphatic hydroxyl groups excluding tert-OH is 1. The minimum atomic E-state index is -0.991. The number of aromatic nitrogens is 2. The Morgan fingerprint density at radius 3 is 2.75 bits per heavy atom. The number of ether oxygens (including phenoxy) is 1. The number of hydrogen-bond acceptors (Lipinski definition) is 5. The molecule has 0 fully saturated rings. The fraction of sp³-hybridized carbons (Fsp3) is 0.200. The number of methoxy groups -OCH3 is 1. The van der Waals surface area contributed by atoms with E-state index in [1.165, 1.54) is 19.5 Å². The molecule has 0 aromatic carbocycles. The van der Waals surface area contributed by atoms with E-state index in [2.05, 4.69) is 25.9 Å². The molecule has 0 aliphatic rings. The van der Waals surface area contributed by atoms with Crippen molar-refractivity contribution in [1.29, 1.82) is 0 Å². The third kappa shape index (κ3) is 2.07. The van der Waals surface area contributed by atoms with E-state index in [1.54, 1.807) is 12.1 Å². The van der Waals surface area contributed by atoms with Crippen LogP contribution in [0.15, 0.2) is 33.6 Å². The van der Waals surface area contributed by atoms with Gasteiger partial charge in [0.05, 0.1) is 7.11 Å². The van der Waals surface area contributed by atoms with Gasteiger partial charge in [0, 0.05) is 12.4 Å². The number of nitrogens with zero attached hydrogens (tertiary/aromatic N) is 2. The standard InChI is InChI=1S/C10H9BrN2O3/c1-15-10-8(12-4-5-13-10)9(14)6-2-3-7(11)16-6/h2-5,9,14H,1H3. The van der Waals surface area contributed by atoms with Gasteiger partial charge in [-0.2, -0.15) is 0 Å². The maximum absolute atomic E-state index is 10.0. The molecule has 5 nitrogen and oxygen atoms in total. The van der Waals surface area contributed by atoms with Gasteiger partial charge in [0.15, 0.2) is 10.8 Å². The van der Waals surface area contributed by atoms with E-state index < -0.39 is 6.10 Å². The minimum absolute atomic E-state index is 0.280. The monoisotopic (exact) mass is 284 g/mol. The highest BCUT2D eigenvalue weighted by Gasteiger charge is 2.20. The molecule has 2 aromatic rings. The molecule has 0 radical (unpaired) electrons. The quantitative estimate of drug-likeness (QED) is 0.933. The highest BCUT2D eigenvalue weighted by molar-refractivity contribution is 9.10. The average Bonchev–Trinajstić information content (AvgIpc) is 2.75. The molecular formula is C10H9BrN2O3. The van der Waals surface area contributed by atoms with Crippen LogP contribution in [-0.4, -0.2) is 22.2 Å². The summed E-state index contributed by atoms with van der Waals surface area (Å²) in [5.41, 5.74) is 0.326. The Morgan fingerprint density at radius 2 is 2.12 bits per heavy atom. The first kappa shape index (κ1) is 11.1. The Hall–Kier alpha value is -1.40. The minimum Gasteiger partial charge on any atom is -0.480 e. The Balaban J connectivity index is 2.36. The summed E-state index contributed by atoms with van der Waals surface area (Å²) < 4.78 is 10.8. The Bertz CT molecular complexity index is 486. The van der Waals surface area contributed by atoms with Gasteiger partial charge in [-0.15, -0.1) is 0 Å². The van der Waals surface area contributed by atoms with Crippen LogP contribution in [0.5, 0.6) is 5.88 Å². The lowest BCUT2D eigenvalue weighted by atomic mass is 10.2. The topological polar surface area (TPSA) is 68.4 Å². The molecule has 2 heterocycles. The normalized spacial score (nSPS) is 12.4. The van der Waals surface area contributed by atoms with Crippen LogP contribution in [0, 0.1) is 0 Å². The van der Waals surface area contributed by atoms with E-state index in [0.717, 1.165) is 0 Å². The summed E-state index contributed by atoms with van der Waals surface area (Å²) in [5, 5.41) is 10.0. The van der Waals surface area contributed by atoms with Crippen molar-refractivity contribution < 1.29 is 14.3 Å². The van der Waals surface area contributed by atoms with E-state index in [-0.39, 0.29) is 5.88 Å². The highest BCUT2D eigenvalue weighted by atomic mass is 79.9. The molecule has 2 aromatic heterocycles.